The Hall–Kier alpha value is -2.09. The lowest BCUT2D eigenvalue weighted by Gasteiger charge is -2.10. The lowest BCUT2D eigenvalue weighted by atomic mass is 10.2. The molecule has 0 aromatic carbocycles. The van der Waals surface area contributed by atoms with Gasteiger partial charge in [0.15, 0.2) is 4.67 Å². The lowest BCUT2D eigenvalue weighted by Crippen LogP contribution is -2.41. The van der Waals surface area contributed by atoms with E-state index in [0.717, 1.165) is 6.08 Å². The molecule has 0 spiro atoms. The first-order valence-electron chi connectivity index (χ1n) is 5.07. The zero-order chi connectivity index (χ0) is 14.4. The van der Waals surface area contributed by atoms with E-state index in [1.807, 2.05) is 0 Å². The fraction of sp³-hybridized carbons (Fsp3) is 0.182. The molecule has 1 unspecified atom stereocenters. The van der Waals surface area contributed by atoms with Crippen molar-refractivity contribution in [3.8, 4) is 0 Å². The Morgan fingerprint density at radius 1 is 1.37 bits per heavy atom. The van der Waals surface area contributed by atoms with Crippen LogP contribution in [0, 0.1) is 0 Å². The second-order valence-electron chi connectivity index (χ2n) is 3.47. The highest BCUT2D eigenvalue weighted by Gasteiger charge is 2.21. The van der Waals surface area contributed by atoms with Crippen LogP contribution in [0.3, 0.4) is 0 Å². The summed E-state index contributed by atoms with van der Waals surface area (Å²) < 4.78 is 5.58. The van der Waals surface area contributed by atoms with Gasteiger partial charge < -0.3 is 19.9 Å². The van der Waals surface area contributed by atoms with Crippen LogP contribution in [0.4, 0.5) is 0 Å². The molecule has 0 saturated carbocycles. The zero-order valence-electron chi connectivity index (χ0n) is 9.50. The summed E-state index contributed by atoms with van der Waals surface area (Å²) in [4.78, 5) is 32.6. The lowest BCUT2D eigenvalue weighted by molar-refractivity contribution is -0.146. The molecule has 0 aliphatic rings. The van der Waals surface area contributed by atoms with Crippen LogP contribution >= 0.6 is 15.9 Å². The van der Waals surface area contributed by atoms with Crippen molar-refractivity contribution in [2.45, 2.75) is 12.5 Å². The third-order valence-corrected chi connectivity index (χ3v) is 2.41. The summed E-state index contributed by atoms with van der Waals surface area (Å²) in [5.74, 6) is -3.05. The van der Waals surface area contributed by atoms with E-state index in [4.69, 9.17) is 14.6 Å². The SMILES string of the molecule is O=C(O)CC(NC(=O)/C=C/c1ccc(Br)o1)C(=O)O. The van der Waals surface area contributed by atoms with Crippen LogP contribution in [0.1, 0.15) is 12.2 Å². The van der Waals surface area contributed by atoms with Crippen LogP contribution in [0.5, 0.6) is 0 Å². The molecular formula is C11H10BrNO6. The van der Waals surface area contributed by atoms with Gasteiger partial charge in [0, 0.05) is 6.08 Å². The number of amides is 1. The Bertz CT molecular complexity index is 521. The highest BCUT2D eigenvalue weighted by Crippen LogP contribution is 2.14. The summed E-state index contributed by atoms with van der Waals surface area (Å²) in [5, 5.41) is 19.3. The molecule has 8 heteroatoms. The Balaban J connectivity index is 2.60. The van der Waals surface area contributed by atoms with Crippen molar-refractivity contribution >= 4 is 39.9 Å². The fourth-order valence-corrected chi connectivity index (χ4v) is 1.49. The molecule has 0 saturated heterocycles. The van der Waals surface area contributed by atoms with Gasteiger partial charge in [-0.2, -0.15) is 0 Å². The zero-order valence-corrected chi connectivity index (χ0v) is 11.1. The summed E-state index contributed by atoms with van der Waals surface area (Å²) in [7, 11) is 0. The van der Waals surface area contributed by atoms with Gasteiger partial charge in [0.1, 0.15) is 11.8 Å². The quantitative estimate of drug-likeness (QED) is 0.672. The number of carbonyl (C=O) groups is 3. The summed E-state index contributed by atoms with van der Waals surface area (Å²) in [6.45, 7) is 0. The number of halogens is 1. The van der Waals surface area contributed by atoms with Crippen molar-refractivity contribution in [1.82, 2.24) is 5.32 Å². The maximum atomic E-state index is 11.4. The largest absolute Gasteiger partial charge is 0.481 e. The molecule has 0 aliphatic carbocycles. The molecule has 0 radical (unpaired) electrons. The second kappa shape index (κ2) is 6.74. The van der Waals surface area contributed by atoms with Crippen LogP contribution in [0.15, 0.2) is 27.3 Å². The monoisotopic (exact) mass is 331 g/mol. The van der Waals surface area contributed by atoms with Crippen molar-refractivity contribution < 1.29 is 29.0 Å². The fourth-order valence-electron chi connectivity index (χ4n) is 1.17. The standard InChI is InChI=1S/C11H10BrNO6/c12-8-3-1-6(19-8)2-4-9(14)13-7(11(17)18)5-10(15)16/h1-4,7H,5H2,(H,13,14)(H,15,16)(H,17,18)/b4-2+. The van der Waals surface area contributed by atoms with E-state index in [1.165, 1.54) is 6.08 Å². The summed E-state index contributed by atoms with van der Waals surface area (Å²) in [6.07, 6.45) is 1.70. The van der Waals surface area contributed by atoms with Crippen LogP contribution in [-0.2, 0) is 14.4 Å². The van der Waals surface area contributed by atoms with Gasteiger partial charge in [0.05, 0.1) is 6.42 Å². The Morgan fingerprint density at radius 3 is 2.53 bits per heavy atom. The normalized spacial score (nSPS) is 12.3. The Kier molecular flexibility index (Phi) is 5.31. The van der Waals surface area contributed by atoms with Gasteiger partial charge in [-0.3, -0.25) is 9.59 Å². The molecule has 1 rings (SSSR count). The van der Waals surface area contributed by atoms with Crippen LogP contribution in [0.25, 0.3) is 6.08 Å². The van der Waals surface area contributed by atoms with Gasteiger partial charge in [-0.1, -0.05) is 0 Å². The molecule has 1 aromatic heterocycles. The average Bonchev–Trinajstić information content (AvgIpc) is 2.71. The van der Waals surface area contributed by atoms with Crippen molar-refractivity contribution in [2.24, 2.45) is 0 Å². The predicted molar refractivity (Wildman–Crippen MR) is 67.3 cm³/mol. The van der Waals surface area contributed by atoms with Crippen molar-refractivity contribution in [3.05, 3.63) is 28.6 Å². The molecule has 1 amide bonds. The number of hydrogen-bond acceptors (Lipinski definition) is 4. The molecule has 0 aliphatic heterocycles. The van der Waals surface area contributed by atoms with Gasteiger partial charge in [-0.05, 0) is 34.1 Å². The van der Waals surface area contributed by atoms with E-state index in [2.05, 4.69) is 21.2 Å². The van der Waals surface area contributed by atoms with Crippen molar-refractivity contribution in [3.63, 3.8) is 0 Å². The molecule has 1 heterocycles. The van der Waals surface area contributed by atoms with Gasteiger partial charge in [0.25, 0.3) is 0 Å². The first kappa shape index (κ1) is 15.0. The van der Waals surface area contributed by atoms with Crippen molar-refractivity contribution in [2.75, 3.05) is 0 Å². The third kappa shape index (κ3) is 5.38. The average molecular weight is 332 g/mol. The topological polar surface area (TPSA) is 117 Å². The number of rotatable bonds is 6. The smallest absolute Gasteiger partial charge is 0.326 e. The highest BCUT2D eigenvalue weighted by molar-refractivity contribution is 9.10. The number of hydrogen-bond donors (Lipinski definition) is 3. The van der Waals surface area contributed by atoms with Gasteiger partial charge >= 0.3 is 11.9 Å². The van der Waals surface area contributed by atoms with Crippen molar-refractivity contribution in [1.29, 1.82) is 0 Å². The van der Waals surface area contributed by atoms with E-state index in [1.54, 1.807) is 12.1 Å². The minimum absolute atomic E-state index is 0.395. The third-order valence-electron chi connectivity index (χ3n) is 1.99. The molecule has 102 valence electrons. The molecule has 3 N–H and O–H groups in total. The van der Waals surface area contributed by atoms with Crippen LogP contribution in [-0.4, -0.2) is 34.1 Å². The van der Waals surface area contributed by atoms with Crippen LogP contribution in [0.2, 0.25) is 0 Å². The van der Waals surface area contributed by atoms with Crippen LogP contribution < -0.4 is 5.32 Å². The maximum Gasteiger partial charge on any atom is 0.326 e. The number of aliphatic carboxylic acids is 2. The molecule has 1 aromatic rings. The number of furan rings is 1. The van der Waals surface area contributed by atoms with E-state index in [0.29, 0.717) is 10.4 Å². The number of carbonyl (C=O) groups excluding carboxylic acids is 1. The minimum atomic E-state index is -1.47. The Labute approximate surface area is 116 Å². The maximum absolute atomic E-state index is 11.4. The van der Waals surface area contributed by atoms with Gasteiger partial charge in [-0.25, -0.2) is 4.79 Å². The van der Waals surface area contributed by atoms with E-state index >= 15 is 0 Å². The van der Waals surface area contributed by atoms with E-state index < -0.39 is 30.3 Å². The van der Waals surface area contributed by atoms with E-state index in [9.17, 15) is 14.4 Å². The molecule has 1 atom stereocenters. The molecule has 0 bridgehead atoms. The van der Waals surface area contributed by atoms with Gasteiger partial charge in [-0.15, -0.1) is 0 Å². The van der Waals surface area contributed by atoms with Gasteiger partial charge in [0.2, 0.25) is 5.91 Å². The minimum Gasteiger partial charge on any atom is -0.481 e. The number of carboxylic acid groups (broad SMARTS) is 2. The summed E-state index contributed by atoms with van der Waals surface area (Å²) >= 11 is 3.08. The Morgan fingerprint density at radius 2 is 2.05 bits per heavy atom. The molecule has 7 nitrogen and oxygen atoms in total. The summed E-state index contributed by atoms with van der Waals surface area (Å²) in [5.41, 5.74) is 0. The van der Waals surface area contributed by atoms with E-state index in [-0.39, 0.29) is 0 Å². The predicted octanol–water partition coefficient (Wildman–Crippen LogP) is 1.10. The molecule has 19 heavy (non-hydrogen) atoms. The number of nitrogens with one attached hydrogen (secondary N) is 1. The molecule has 0 fully saturated rings. The molecular weight excluding hydrogens is 322 g/mol. The summed E-state index contributed by atoms with van der Waals surface area (Å²) in [6, 6.07) is 1.75. The second-order valence-corrected chi connectivity index (χ2v) is 4.25. The first-order chi connectivity index (χ1) is 8.88. The first-order valence-corrected chi connectivity index (χ1v) is 5.86. The number of carboxylic acids is 2. The highest BCUT2D eigenvalue weighted by atomic mass is 79.9.